The lowest BCUT2D eigenvalue weighted by Gasteiger charge is -2.15. The molecule has 0 spiro atoms. The van der Waals surface area contributed by atoms with E-state index in [-0.39, 0.29) is 11.9 Å². The number of methoxy groups -OCH3 is 1. The van der Waals surface area contributed by atoms with E-state index in [1.165, 1.54) is 0 Å². The van der Waals surface area contributed by atoms with Crippen molar-refractivity contribution in [3.63, 3.8) is 0 Å². The minimum absolute atomic E-state index is 0.0338. The number of nitrogens with one attached hydrogen (secondary N) is 2. The zero-order valence-corrected chi connectivity index (χ0v) is 10.1. The number of carbonyl (C=O) groups is 1. The Kier molecular flexibility index (Phi) is 4.17. The van der Waals surface area contributed by atoms with Crippen LogP contribution in [0.1, 0.15) is 12.5 Å². The quantitative estimate of drug-likeness (QED) is 0.812. The minimum Gasteiger partial charge on any atom is -0.496 e. The maximum Gasteiger partial charge on any atom is 0.241 e. The number of hydrogen-bond acceptors (Lipinski definition) is 3. The van der Waals surface area contributed by atoms with E-state index in [2.05, 4.69) is 10.6 Å². The Morgan fingerprint density at radius 3 is 2.62 bits per heavy atom. The van der Waals surface area contributed by atoms with Gasteiger partial charge in [0.15, 0.2) is 0 Å². The number of likely N-dealkylation sites (N-methyl/N-ethyl adjacent to an activating group) is 1. The number of anilines is 1. The molecular weight excluding hydrogens is 204 g/mol. The molecule has 88 valence electrons. The summed E-state index contributed by atoms with van der Waals surface area (Å²) in [6, 6.07) is 5.48. The molecule has 1 amide bonds. The van der Waals surface area contributed by atoms with Crippen molar-refractivity contribution in [3.05, 3.63) is 23.8 Å². The second kappa shape index (κ2) is 5.39. The van der Waals surface area contributed by atoms with Gasteiger partial charge in [0.1, 0.15) is 11.8 Å². The summed E-state index contributed by atoms with van der Waals surface area (Å²) in [6.07, 6.45) is 0. The average Bonchev–Trinajstić information content (AvgIpc) is 2.28. The molecule has 0 heterocycles. The molecule has 1 unspecified atom stereocenters. The maximum atomic E-state index is 11.3. The summed E-state index contributed by atoms with van der Waals surface area (Å²) in [7, 11) is 3.27. The van der Waals surface area contributed by atoms with Gasteiger partial charge in [-0.3, -0.25) is 4.79 Å². The zero-order valence-electron chi connectivity index (χ0n) is 10.1. The molecular formula is C12H18N2O2. The fourth-order valence-electron chi connectivity index (χ4n) is 1.50. The number of rotatable bonds is 4. The Labute approximate surface area is 96.0 Å². The standard InChI is InChI=1S/C12H18N2O2/c1-8-7-10(5-6-11(8)16-4)14-9(2)12(15)13-3/h5-7,9,14H,1-4H3,(H,13,15). The molecule has 4 heteroatoms. The molecule has 16 heavy (non-hydrogen) atoms. The van der Waals surface area contributed by atoms with Crippen LogP contribution in [-0.4, -0.2) is 26.1 Å². The first-order valence-corrected chi connectivity index (χ1v) is 5.21. The van der Waals surface area contributed by atoms with Gasteiger partial charge >= 0.3 is 0 Å². The molecule has 1 rings (SSSR count). The molecule has 2 N–H and O–H groups in total. The summed E-state index contributed by atoms with van der Waals surface area (Å²) in [5.41, 5.74) is 1.95. The van der Waals surface area contributed by atoms with E-state index < -0.39 is 0 Å². The van der Waals surface area contributed by atoms with Gasteiger partial charge in [-0.1, -0.05) is 0 Å². The van der Waals surface area contributed by atoms with E-state index in [4.69, 9.17) is 4.74 Å². The summed E-state index contributed by atoms with van der Waals surface area (Å²) in [5, 5.41) is 5.71. The minimum atomic E-state index is -0.252. The van der Waals surface area contributed by atoms with Gasteiger partial charge in [-0.15, -0.1) is 0 Å². The molecule has 0 saturated heterocycles. The molecule has 0 saturated carbocycles. The first-order chi connectivity index (χ1) is 7.58. The number of amides is 1. The lowest BCUT2D eigenvalue weighted by atomic mass is 10.2. The number of hydrogen-bond donors (Lipinski definition) is 2. The Morgan fingerprint density at radius 1 is 1.44 bits per heavy atom. The zero-order chi connectivity index (χ0) is 12.1. The van der Waals surface area contributed by atoms with Gasteiger partial charge in [0.2, 0.25) is 5.91 Å². The molecule has 0 aromatic heterocycles. The molecule has 1 aromatic rings. The van der Waals surface area contributed by atoms with Crippen molar-refractivity contribution in [1.82, 2.24) is 5.32 Å². The van der Waals surface area contributed by atoms with Crippen molar-refractivity contribution in [3.8, 4) is 5.75 Å². The maximum absolute atomic E-state index is 11.3. The topological polar surface area (TPSA) is 50.4 Å². The third kappa shape index (κ3) is 2.89. The van der Waals surface area contributed by atoms with E-state index >= 15 is 0 Å². The van der Waals surface area contributed by atoms with Gasteiger partial charge in [-0.25, -0.2) is 0 Å². The van der Waals surface area contributed by atoms with Crippen molar-refractivity contribution >= 4 is 11.6 Å². The van der Waals surface area contributed by atoms with Crippen molar-refractivity contribution < 1.29 is 9.53 Å². The van der Waals surface area contributed by atoms with Crippen LogP contribution in [0, 0.1) is 6.92 Å². The largest absolute Gasteiger partial charge is 0.496 e. The van der Waals surface area contributed by atoms with E-state index in [0.717, 1.165) is 17.0 Å². The van der Waals surface area contributed by atoms with Crippen LogP contribution in [0.25, 0.3) is 0 Å². The highest BCUT2D eigenvalue weighted by atomic mass is 16.5. The molecule has 0 aliphatic rings. The summed E-state index contributed by atoms with van der Waals surface area (Å²) < 4.78 is 5.17. The van der Waals surface area contributed by atoms with Gasteiger partial charge < -0.3 is 15.4 Å². The predicted molar refractivity (Wildman–Crippen MR) is 64.9 cm³/mol. The smallest absolute Gasteiger partial charge is 0.241 e. The fourth-order valence-corrected chi connectivity index (χ4v) is 1.50. The molecule has 0 bridgehead atoms. The summed E-state index contributed by atoms with van der Waals surface area (Å²) in [5.74, 6) is 0.812. The fraction of sp³-hybridized carbons (Fsp3) is 0.417. The third-order valence-electron chi connectivity index (χ3n) is 2.42. The number of aryl methyl sites for hydroxylation is 1. The summed E-state index contributed by atoms with van der Waals surface area (Å²) >= 11 is 0. The van der Waals surface area contributed by atoms with E-state index in [1.807, 2.05) is 32.0 Å². The Hall–Kier alpha value is -1.71. The Morgan fingerprint density at radius 2 is 2.12 bits per heavy atom. The molecule has 0 radical (unpaired) electrons. The van der Waals surface area contributed by atoms with Crippen LogP contribution < -0.4 is 15.4 Å². The third-order valence-corrected chi connectivity index (χ3v) is 2.42. The SMILES string of the molecule is CNC(=O)C(C)Nc1ccc(OC)c(C)c1. The second-order valence-electron chi connectivity index (χ2n) is 3.66. The van der Waals surface area contributed by atoms with Crippen molar-refractivity contribution in [2.75, 3.05) is 19.5 Å². The summed E-state index contributed by atoms with van der Waals surface area (Å²) in [6.45, 7) is 3.78. The van der Waals surface area contributed by atoms with Crippen LogP contribution in [0.5, 0.6) is 5.75 Å². The van der Waals surface area contributed by atoms with Gasteiger partial charge in [-0.2, -0.15) is 0 Å². The van der Waals surface area contributed by atoms with E-state index in [1.54, 1.807) is 14.2 Å². The van der Waals surface area contributed by atoms with Crippen LogP contribution in [0.3, 0.4) is 0 Å². The van der Waals surface area contributed by atoms with Crippen LogP contribution in [0.4, 0.5) is 5.69 Å². The van der Waals surface area contributed by atoms with Gasteiger partial charge in [0.25, 0.3) is 0 Å². The molecule has 0 fully saturated rings. The monoisotopic (exact) mass is 222 g/mol. The highest BCUT2D eigenvalue weighted by Gasteiger charge is 2.10. The Balaban J connectivity index is 2.75. The van der Waals surface area contributed by atoms with Crippen LogP contribution >= 0.6 is 0 Å². The van der Waals surface area contributed by atoms with E-state index in [0.29, 0.717) is 0 Å². The lowest BCUT2D eigenvalue weighted by molar-refractivity contribution is -0.121. The normalized spacial score (nSPS) is 11.8. The highest BCUT2D eigenvalue weighted by Crippen LogP contribution is 2.21. The van der Waals surface area contributed by atoms with Crippen molar-refractivity contribution in [2.24, 2.45) is 0 Å². The van der Waals surface area contributed by atoms with Gasteiger partial charge in [-0.05, 0) is 37.6 Å². The van der Waals surface area contributed by atoms with Crippen LogP contribution in [0.15, 0.2) is 18.2 Å². The lowest BCUT2D eigenvalue weighted by Crippen LogP contribution is -2.35. The first-order valence-electron chi connectivity index (χ1n) is 5.21. The predicted octanol–water partition coefficient (Wildman–Crippen LogP) is 1.55. The number of carbonyl (C=O) groups excluding carboxylic acids is 1. The number of benzene rings is 1. The summed E-state index contributed by atoms with van der Waals surface area (Å²) in [4.78, 5) is 11.3. The van der Waals surface area contributed by atoms with Crippen LogP contribution in [0.2, 0.25) is 0 Å². The molecule has 1 atom stereocenters. The molecule has 4 nitrogen and oxygen atoms in total. The molecule has 1 aromatic carbocycles. The highest BCUT2D eigenvalue weighted by molar-refractivity contribution is 5.83. The van der Waals surface area contributed by atoms with Gasteiger partial charge in [0, 0.05) is 12.7 Å². The van der Waals surface area contributed by atoms with Crippen molar-refractivity contribution in [1.29, 1.82) is 0 Å². The second-order valence-corrected chi connectivity index (χ2v) is 3.66. The first kappa shape index (κ1) is 12.4. The number of ether oxygens (including phenoxy) is 1. The average molecular weight is 222 g/mol. The van der Waals surface area contributed by atoms with E-state index in [9.17, 15) is 4.79 Å². The van der Waals surface area contributed by atoms with Crippen molar-refractivity contribution in [2.45, 2.75) is 19.9 Å². The van der Waals surface area contributed by atoms with Crippen LogP contribution in [-0.2, 0) is 4.79 Å². The molecule has 0 aliphatic carbocycles. The van der Waals surface area contributed by atoms with Gasteiger partial charge in [0.05, 0.1) is 7.11 Å². The Bertz CT molecular complexity index is 377. The molecule has 0 aliphatic heterocycles.